The zero-order valence-electron chi connectivity index (χ0n) is 19.1. The van der Waals surface area contributed by atoms with Crippen LogP contribution < -0.4 is 4.90 Å². The summed E-state index contributed by atoms with van der Waals surface area (Å²) < 4.78 is 0. The number of hydrogen-bond acceptors (Lipinski definition) is 2. The van der Waals surface area contributed by atoms with Crippen LogP contribution in [0.5, 0.6) is 0 Å². The van der Waals surface area contributed by atoms with Crippen LogP contribution in [0.1, 0.15) is 28.8 Å². The number of nitrogens with zero attached hydrogens (tertiary/aromatic N) is 1. The molecule has 0 spiro atoms. The fraction of sp³-hybridized carbons (Fsp3) is 0.0625. The molecule has 0 bridgehead atoms. The molecule has 3 nitrogen and oxygen atoms in total. The number of rotatable bonds is 4. The Morgan fingerprint density at radius 2 is 1.26 bits per heavy atom. The lowest BCUT2D eigenvalue weighted by Gasteiger charge is -2.33. The van der Waals surface area contributed by atoms with Crippen molar-refractivity contribution in [3.8, 4) is 0 Å². The molecule has 1 aliphatic heterocycles. The molecule has 0 atom stereocenters. The zero-order valence-corrected chi connectivity index (χ0v) is 19.1. The number of carbonyl (C=O) groups is 2. The lowest BCUT2D eigenvalue weighted by atomic mass is 9.90. The van der Waals surface area contributed by atoms with Gasteiger partial charge in [-0.25, -0.2) is 0 Å². The smallest absolute Gasteiger partial charge is 0.231 e. The van der Waals surface area contributed by atoms with Gasteiger partial charge in [-0.3, -0.25) is 14.5 Å². The van der Waals surface area contributed by atoms with Gasteiger partial charge >= 0.3 is 0 Å². The van der Waals surface area contributed by atoms with Crippen molar-refractivity contribution in [1.29, 1.82) is 0 Å². The Balaban J connectivity index is 1.63. The van der Waals surface area contributed by atoms with Gasteiger partial charge in [-0.1, -0.05) is 97.1 Å². The average molecular weight is 454 g/mol. The summed E-state index contributed by atoms with van der Waals surface area (Å²) in [7, 11) is 0. The molecule has 1 heterocycles. The largest absolute Gasteiger partial charge is 0.289 e. The highest BCUT2D eigenvalue weighted by atomic mass is 16.2. The molecule has 5 aromatic rings. The van der Waals surface area contributed by atoms with Gasteiger partial charge in [0, 0.05) is 22.9 Å². The quantitative estimate of drug-likeness (QED) is 0.210. The third kappa shape index (κ3) is 3.71. The van der Waals surface area contributed by atoms with Crippen molar-refractivity contribution >= 4 is 44.6 Å². The van der Waals surface area contributed by atoms with Crippen LogP contribution in [-0.2, 0) is 4.79 Å². The Kier molecular flexibility index (Phi) is 5.23. The number of fused-ring (bicyclic) bond motifs is 2. The molecule has 6 rings (SSSR count). The Morgan fingerprint density at radius 1 is 0.629 bits per heavy atom. The minimum atomic E-state index is -0.0346. The van der Waals surface area contributed by atoms with Crippen molar-refractivity contribution in [2.75, 3.05) is 4.90 Å². The van der Waals surface area contributed by atoms with Gasteiger partial charge in [0.1, 0.15) is 0 Å². The normalized spacial score (nSPS) is 14.1. The van der Waals surface area contributed by atoms with Gasteiger partial charge in [0.15, 0.2) is 5.78 Å². The number of hydrogen-bond donors (Lipinski definition) is 0. The molecular formula is C32H23NO2. The maximum absolute atomic E-state index is 13.7. The molecule has 168 valence electrons. The summed E-state index contributed by atoms with van der Waals surface area (Å²) in [6.45, 7) is 0. The van der Waals surface area contributed by atoms with E-state index in [1.165, 1.54) is 0 Å². The van der Waals surface area contributed by atoms with Crippen LogP contribution >= 0.6 is 0 Å². The highest BCUT2D eigenvalue weighted by Gasteiger charge is 2.33. The summed E-state index contributed by atoms with van der Waals surface area (Å²) in [5.74, 6) is -0.0400. The number of ketones is 1. The molecule has 1 aliphatic rings. The fourth-order valence-corrected chi connectivity index (χ4v) is 5.01. The third-order valence-corrected chi connectivity index (χ3v) is 6.67. The predicted molar refractivity (Wildman–Crippen MR) is 142 cm³/mol. The first-order valence-corrected chi connectivity index (χ1v) is 11.8. The van der Waals surface area contributed by atoms with E-state index in [9.17, 15) is 9.59 Å². The van der Waals surface area contributed by atoms with E-state index in [1.807, 2.05) is 84.9 Å². The van der Waals surface area contributed by atoms with E-state index in [2.05, 4.69) is 30.3 Å². The Hall–Kier alpha value is -4.50. The highest BCUT2D eigenvalue weighted by molar-refractivity contribution is 6.22. The second kappa shape index (κ2) is 8.69. The molecule has 35 heavy (non-hydrogen) atoms. The van der Waals surface area contributed by atoms with Crippen LogP contribution in [0.4, 0.5) is 5.69 Å². The lowest BCUT2D eigenvalue weighted by Crippen LogP contribution is -2.35. The molecule has 0 saturated carbocycles. The summed E-state index contributed by atoms with van der Waals surface area (Å²) in [5, 5.41) is 4.31. The lowest BCUT2D eigenvalue weighted by molar-refractivity contribution is -0.118. The van der Waals surface area contributed by atoms with Gasteiger partial charge in [-0.05, 0) is 46.3 Å². The van der Waals surface area contributed by atoms with Crippen LogP contribution in [0.3, 0.4) is 0 Å². The third-order valence-electron chi connectivity index (χ3n) is 6.67. The van der Waals surface area contributed by atoms with Crippen molar-refractivity contribution in [2.24, 2.45) is 0 Å². The van der Waals surface area contributed by atoms with Crippen molar-refractivity contribution in [2.45, 2.75) is 12.8 Å². The summed E-state index contributed by atoms with van der Waals surface area (Å²) in [5.41, 5.74) is 3.64. The standard InChI is InChI=1S/C32H23NO2/c34-30-19-18-27(32(35)23-12-5-2-6-13-23)31(22-10-3-1-4-11-22)33(30)29-17-9-16-26-20-24-14-7-8-15-25(24)21-28(26)29/h1-17,20-21H,18-19H2. The second-order valence-corrected chi connectivity index (χ2v) is 8.82. The molecule has 0 aromatic heterocycles. The molecule has 5 aromatic carbocycles. The first kappa shape index (κ1) is 21.1. The van der Waals surface area contributed by atoms with Crippen molar-refractivity contribution in [3.05, 3.63) is 132 Å². The van der Waals surface area contributed by atoms with E-state index in [0.29, 0.717) is 23.3 Å². The average Bonchev–Trinajstić information content (AvgIpc) is 2.92. The van der Waals surface area contributed by atoms with E-state index >= 15 is 0 Å². The molecule has 1 amide bonds. The van der Waals surface area contributed by atoms with Gasteiger partial charge in [0.25, 0.3) is 0 Å². The summed E-state index contributed by atoms with van der Waals surface area (Å²) in [6, 6.07) is 37.7. The van der Waals surface area contributed by atoms with Crippen molar-refractivity contribution in [1.82, 2.24) is 0 Å². The molecule has 0 N–H and O–H groups in total. The summed E-state index contributed by atoms with van der Waals surface area (Å²) >= 11 is 0. The molecule has 0 fully saturated rings. The van der Waals surface area contributed by atoms with Crippen LogP contribution in [0, 0.1) is 0 Å². The monoisotopic (exact) mass is 453 g/mol. The van der Waals surface area contributed by atoms with Crippen molar-refractivity contribution < 1.29 is 9.59 Å². The maximum Gasteiger partial charge on any atom is 0.231 e. The number of anilines is 1. The number of allylic oxidation sites excluding steroid dienone is 1. The minimum absolute atomic E-state index is 0.00544. The minimum Gasteiger partial charge on any atom is -0.289 e. The zero-order chi connectivity index (χ0) is 23.8. The summed E-state index contributed by atoms with van der Waals surface area (Å²) in [4.78, 5) is 29.1. The first-order chi connectivity index (χ1) is 17.2. The van der Waals surface area contributed by atoms with E-state index in [-0.39, 0.29) is 18.1 Å². The molecule has 0 radical (unpaired) electrons. The SMILES string of the molecule is O=C(C1=C(c2ccccc2)N(c2cccc3cc4ccccc4cc23)C(=O)CC1)c1ccccc1. The predicted octanol–water partition coefficient (Wildman–Crippen LogP) is 7.41. The number of carbonyl (C=O) groups excluding carboxylic acids is 2. The number of Topliss-reactive ketones (excluding diaryl/α,β-unsaturated/α-hetero) is 1. The Morgan fingerprint density at radius 3 is 2.00 bits per heavy atom. The van der Waals surface area contributed by atoms with E-state index < -0.39 is 0 Å². The van der Waals surface area contributed by atoms with Gasteiger partial charge < -0.3 is 0 Å². The highest BCUT2D eigenvalue weighted by Crippen LogP contribution is 2.40. The van der Waals surface area contributed by atoms with Gasteiger partial charge in [0.05, 0.1) is 11.4 Å². The molecular weight excluding hydrogens is 430 g/mol. The number of benzene rings is 5. The fourth-order valence-electron chi connectivity index (χ4n) is 5.01. The van der Waals surface area contributed by atoms with Crippen LogP contribution in [0.2, 0.25) is 0 Å². The van der Waals surface area contributed by atoms with E-state index in [1.54, 1.807) is 4.90 Å². The van der Waals surface area contributed by atoms with Crippen LogP contribution in [0.25, 0.3) is 27.2 Å². The molecule has 0 aliphatic carbocycles. The topological polar surface area (TPSA) is 37.4 Å². The molecule has 0 saturated heterocycles. The van der Waals surface area contributed by atoms with Crippen molar-refractivity contribution in [3.63, 3.8) is 0 Å². The van der Waals surface area contributed by atoms with Crippen LogP contribution in [-0.4, -0.2) is 11.7 Å². The second-order valence-electron chi connectivity index (χ2n) is 8.82. The maximum atomic E-state index is 13.7. The van der Waals surface area contributed by atoms with Gasteiger partial charge in [-0.2, -0.15) is 0 Å². The van der Waals surface area contributed by atoms with Gasteiger partial charge in [-0.15, -0.1) is 0 Å². The van der Waals surface area contributed by atoms with Crippen LogP contribution in [0.15, 0.2) is 121 Å². The first-order valence-electron chi connectivity index (χ1n) is 11.8. The Labute approximate surface area is 203 Å². The Bertz CT molecular complexity index is 1620. The number of amides is 1. The summed E-state index contributed by atoms with van der Waals surface area (Å²) in [6.07, 6.45) is 0.704. The van der Waals surface area contributed by atoms with E-state index in [0.717, 1.165) is 32.8 Å². The molecule has 0 unspecified atom stereocenters. The molecule has 3 heteroatoms. The van der Waals surface area contributed by atoms with E-state index in [4.69, 9.17) is 0 Å². The van der Waals surface area contributed by atoms with Gasteiger partial charge in [0.2, 0.25) is 5.91 Å².